The van der Waals surface area contributed by atoms with E-state index in [2.05, 4.69) is 14.5 Å². The fraction of sp³-hybridized carbons (Fsp3) is 0.476. The summed E-state index contributed by atoms with van der Waals surface area (Å²) in [5.41, 5.74) is -4.95. The Balaban J connectivity index is 2.53. The molecule has 0 saturated heterocycles. The maximum Gasteiger partial charge on any atom is 0.430 e. The number of halogens is 6. The van der Waals surface area contributed by atoms with Crippen LogP contribution in [0.2, 0.25) is 0 Å². The van der Waals surface area contributed by atoms with Gasteiger partial charge in [0.2, 0.25) is 0 Å². The Morgan fingerprint density at radius 2 is 1.66 bits per heavy atom. The van der Waals surface area contributed by atoms with Crippen molar-refractivity contribution in [2.45, 2.75) is 44.1 Å². The van der Waals surface area contributed by atoms with Crippen molar-refractivity contribution in [1.29, 1.82) is 0 Å². The lowest BCUT2D eigenvalue weighted by Crippen LogP contribution is -2.56. The summed E-state index contributed by atoms with van der Waals surface area (Å²) in [6.45, 7) is 0.413. The molecule has 32 heavy (non-hydrogen) atoms. The molecule has 0 fully saturated rings. The number of alkyl halides is 6. The van der Waals surface area contributed by atoms with Crippen LogP contribution in [0.1, 0.15) is 30.2 Å². The molecule has 0 radical (unpaired) electrons. The zero-order chi connectivity index (χ0) is 24.0. The molecule has 5 nitrogen and oxygen atoms in total. The van der Waals surface area contributed by atoms with Crippen molar-refractivity contribution in [2.24, 2.45) is 0 Å². The summed E-state index contributed by atoms with van der Waals surface area (Å²) >= 11 is 0. The number of aryl methyl sites for hydroxylation is 1. The fourth-order valence-corrected chi connectivity index (χ4v) is 3.11. The molecule has 11 heteroatoms. The van der Waals surface area contributed by atoms with Crippen molar-refractivity contribution < 1.29 is 45.7 Å². The Morgan fingerprint density at radius 3 is 2.16 bits per heavy atom. The minimum Gasteiger partial charge on any atom is -0.455 e. The molecule has 0 aliphatic heterocycles. The number of hydrogen-bond donors (Lipinski definition) is 1. The quantitative estimate of drug-likeness (QED) is 0.380. The third kappa shape index (κ3) is 5.51. The van der Waals surface area contributed by atoms with Crippen molar-refractivity contribution >= 4 is 0 Å². The maximum atomic E-state index is 13.8. The second-order valence-electron chi connectivity index (χ2n) is 6.86. The first-order valence-electron chi connectivity index (χ1n) is 9.63. The molecule has 0 bridgehead atoms. The van der Waals surface area contributed by atoms with Gasteiger partial charge in [-0.25, -0.2) is 0 Å². The summed E-state index contributed by atoms with van der Waals surface area (Å²) in [6, 6.07) is 5.65. The van der Waals surface area contributed by atoms with Gasteiger partial charge in [-0.05, 0) is 36.2 Å². The highest BCUT2D eigenvalue weighted by Crippen LogP contribution is 2.53. The number of hydrogen-bond acceptors (Lipinski definition) is 5. The van der Waals surface area contributed by atoms with Gasteiger partial charge in [0.1, 0.15) is 18.3 Å². The second kappa shape index (κ2) is 10.5. The van der Waals surface area contributed by atoms with Gasteiger partial charge in [-0.2, -0.15) is 26.3 Å². The zero-order valence-corrected chi connectivity index (χ0v) is 17.4. The molecular formula is C21H23F6NO4. The average molecular weight is 467 g/mol. The van der Waals surface area contributed by atoms with Crippen LogP contribution >= 0.6 is 0 Å². The monoisotopic (exact) mass is 467 g/mol. The zero-order valence-electron chi connectivity index (χ0n) is 17.4. The van der Waals surface area contributed by atoms with Gasteiger partial charge in [-0.15, -0.1) is 0 Å². The van der Waals surface area contributed by atoms with Gasteiger partial charge in [0.05, 0.1) is 6.20 Å². The van der Waals surface area contributed by atoms with Crippen molar-refractivity contribution in [3.8, 4) is 11.5 Å². The van der Waals surface area contributed by atoms with Crippen LogP contribution in [-0.2, 0) is 27.9 Å². The number of benzene rings is 1. The second-order valence-corrected chi connectivity index (χ2v) is 6.86. The summed E-state index contributed by atoms with van der Waals surface area (Å²) in [7, 11) is 0.927. The first kappa shape index (κ1) is 25.9. The van der Waals surface area contributed by atoms with Crippen molar-refractivity contribution in [3.05, 3.63) is 53.3 Å². The Bertz CT molecular complexity index is 854. The lowest BCUT2D eigenvalue weighted by atomic mass is 9.89. The van der Waals surface area contributed by atoms with E-state index < -0.39 is 30.3 Å². The van der Waals surface area contributed by atoms with E-state index in [1.807, 2.05) is 0 Å². The molecule has 1 aromatic heterocycles. The number of nitrogens with zero attached hydrogens (tertiary/aromatic N) is 1. The van der Waals surface area contributed by atoms with Crippen LogP contribution in [0.4, 0.5) is 26.3 Å². The van der Waals surface area contributed by atoms with Crippen LogP contribution in [0.3, 0.4) is 0 Å². The molecule has 0 atom stereocenters. The van der Waals surface area contributed by atoms with Crippen LogP contribution in [-0.4, -0.2) is 43.0 Å². The number of aromatic nitrogens is 1. The molecule has 0 amide bonds. The number of aliphatic hydroxyl groups is 1. The Labute approximate surface area is 180 Å². The van der Waals surface area contributed by atoms with Crippen molar-refractivity contribution in [3.63, 3.8) is 0 Å². The van der Waals surface area contributed by atoms with E-state index in [0.29, 0.717) is 24.6 Å². The lowest BCUT2D eigenvalue weighted by Gasteiger charge is -2.37. The van der Waals surface area contributed by atoms with Crippen molar-refractivity contribution in [1.82, 2.24) is 4.98 Å². The Hall–Kier alpha value is -2.37. The smallest absolute Gasteiger partial charge is 0.430 e. The van der Waals surface area contributed by atoms with E-state index in [0.717, 1.165) is 19.2 Å². The third-order valence-electron chi connectivity index (χ3n) is 4.57. The van der Waals surface area contributed by atoms with Crippen LogP contribution in [0.5, 0.6) is 11.5 Å². The van der Waals surface area contributed by atoms with Gasteiger partial charge in [0.25, 0.3) is 5.60 Å². The molecular weight excluding hydrogens is 444 g/mol. The molecule has 1 N–H and O–H groups in total. The summed E-state index contributed by atoms with van der Waals surface area (Å²) in [5.74, 6) is 0.336. The van der Waals surface area contributed by atoms with Gasteiger partial charge in [-0.1, -0.05) is 19.4 Å². The summed E-state index contributed by atoms with van der Waals surface area (Å²) in [4.78, 5) is 4.08. The largest absolute Gasteiger partial charge is 0.455 e. The van der Waals surface area contributed by atoms with Crippen LogP contribution in [0, 0.1) is 0 Å². The topological polar surface area (TPSA) is 60.8 Å². The van der Waals surface area contributed by atoms with Gasteiger partial charge < -0.3 is 19.3 Å². The number of aliphatic hydroxyl groups excluding tert-OH is 1. The Kier molecular flexibility index (Phi) is 8.49. The van der Waals surface area contributed by atoms with Crippen molar-refractivity contribution in [2.75, 3.05) is 20.5 Å². The number of rotatable bonds is 10. The first-order valence-corrected chi connectivity index (χ1v) is 9.63. The number of ether oxygens (including phenoxy) is 3. The normalized spacial score (nSPS) is 12.8. The van der Waals surface area contributed by atoms with E-state index in [1.54, 1.807) is 19.1 Å². The molecule has 2 rings (SSSR count). The predicted octanol–water partition coefficient (Wildman–Crippen LogP) is 5.30. The molecule has 1 aromatic carbocycles. The summed E-state index contributed by atoms with van der Waals surface area (Å²) in [6.07, 6.45) is -9.32. The highest BCUT2D eigenvalue weighted by molar-refractivity contribution is 5.43. The maximum absolute atomic E-state index is 13.8. The minimum atomic E-state index is -5.80. The summed E-state index contributed by atoms with van der Waals surface area (Å²) < 4.78 is 97.0. The van der Waals surface area contributed by atoms with E-state index in [1.165, 1.54) is 6.20 Å². The van der Waals surface area contributed by atoms with Gasteiger partial charge >= 0.3 is 12.4 Å². The van der Waals surface area contributed by atoms with Crippen LogP contribution in [0.25, 0.3) is 0 Å². The first-order chi connectivity index (χ1) is 15.0. The van der Waals surface area contributed by atoms with E-state index >= 15 is 0 Å². The van der Waals surface area contributed by atoms with Crippen LogP contribution in [0.15, 0.2) is 36.5 Å². The molecule has 178 valence electrons. The van der Waals surface area contributed by atoms with Crippen LogP contribution < -0.4 is 4.74 Å². The number of methoxy groups -OCH3 is 1. The van der Waals surface area contributed by atoms with E-state index in [4.69, 9.17) is 9.84 Å². The highest BCUT2D eigenvalue weighted by Gasteiger charge is 2.73. The Morgan fingerprint density at radius 1 is 0.969 bits per heavy atom. The molecule has 0 unspecified atom stereocenters. The van der Waals surface area contributed by atoms with E-state index in [-0.39, 0.29) is 30.1 Å². The third-order valence-corrected chi connectivity index (χ3v) is 4.57. The standard InChI is InChI=1S/C21H23F6NO4/c1-3-4-14-11-15(19(20(22,23)24,21(25,26)27)31-13-30-2)5-8-18(14)32-17-7-6-16(9-10-29)28-12-17/h5-8,11-12,29H,3-4,9-10,13H2,1-2H3. The molecule has 0 aliphatic carbocycles. The van der Waals surface area contributed by atoms with E-state index in [9.17, 15) is 26.3 Å². The highest BCUT2D eigenvalue weighted by atomic mass is 19.4. The van der Waals surface area contributed by atoms with Gasteiger partial charge in [0.15, 0.2) is 0 Å². The minimum absolute atomic E-state index is 0.0947. The van der Waals surface area contributed by atoms with Gasteiger partial charge in [0, 0.05) is 31.4 Å². The number of pyridine rings is 1. The molecule has 0 aliphatic rings. The predicted molar refractivity (Wildman–Crippen MR) is 102 cm³/mol. The van der Waals surface area contributed by atoms with Gasteiger partial charge in [-0.3, -0.25) is 4.98 Å². The summed E-state index contributed by atoms with van der Waals surface area (Å²) in [5, 5.41) is 8.93. The SMILES string of the molecule is CCCc1cc(C(OCOC)(C(F)(F)F)C(F)(F)F)ccc1Oc1ccc(CCO)nc1. The lowest BCUT2D eigenvalue weighted by molar-refractivity contribution is -0.400. The molecule has 0 saturated carbocycles. The molecule has 0 spiro atoms. The average Bonchev–Trinajstić information content (AvgIpc) is 2.70. The molecule has 1 heterocycles. The fourth-order valence-electron chi connectivity index (χ4n) is 3.11. The molecule has 2 aromatic rings.